The van der Waals surface area contributed by atoms with Crippen LogP contribution in [0.1, 0.15) is 38.4 Å². The molecule has 132 valence electrons. The molecule has 0 spiro atoms. The van der Waals surface area contributed by atoms with Crippen LogP contribution in [0.4, 0.5) is 9.39 Å². The Morgan fingerprint density at radius 1 is 1.32 bits per heavy atom. The summed E-state index contributed by atoms with van der Waals surface area (Å²) in [5, 5.41) is 6.10. The Balaban J connectivity index is 1.63. The van der Waals surface area contributed by atoms with Gasteiger partial charge in [-0.25, -0.2) is 4.39 Å². The first-order valence-electron chi connectivity index (χ1n) is 8.15. The number of nitrogens with one attached hydrogen (secondary N) is 2. The number of hydrogen-bond donors (Lipinski definition) is 3. The topological polar surface area (TPSA) is 84.2 Å². The van der Waals surface area contributed by atoms with Gasteiger partial charge in [0, 0.05) is 18.2 Å². The number of hydrogen-bond acceptors (Lipinski definition) is 4. The summed E-state index contributed by atoms with van der Waals surface area (Å²) >= 11 is 1.19. The summed E-state index contributed by atoms with van der Waals surface area (Å²) in [6, 6.07) is 7.19. The predicted molar refractivity (Wildman–Crippen MR) is 96.4 cm³/mol. The minimum Gasteiger partial charge on any atom is -0.350 e. The fraction of sp³-hybridized carbons (Fsp3) is 0.333. The second kappa shape index (κ2) is 7.33. The van der Waals surface area contributed by atoms with Crippen molar-refractivity contribution in [1.29, 1.82) is 0 Å². The highest BCUT2D eigenvalue weighted by atomic mass is 32.1. The van der Waals surface area contributed by atoms with Crippen molar-refractivity contribution in [3.63, 3.8) is 0 Å². The molecule has 0 bridgehead atoms. The summed E-state index contributed by atoms with van der Waals surface area (Å²) in [7, 11) is 0. The van der Waals surface area contributed by atoms with Gasteiger partial charge in [0.2, 0.25) is 0 Å². The highest BCUT2D eigenvalue weighted by molar-refractivity contribution is 7.18. The SMILES string of the molecule is Cc1cc(NC(=O)c2cccc(F)c2)sc1C(=O)NCC(N)C1CC1. The van der Waals surface area contributed by atoms with Crippen LogP contribution in [-0.4, -0.2) is 24.4 Å². The molecule has 0 aliphatic heterocycles. The van der Waals surface area contributed by atoms with E-state index in [-0.39, 0.29) is 17.5 Å². The lowest BCUT2D eigenvalue weighted by Crippen LogP contribution is -2.38. The van der Waals surface area contributed by atoms with Gasteiger partial charge in [0.1, 0.15) is 5.82 Å². The van der Waals surface area contributed by atoms with E-state index in [1.807, 2.05) is 6.92 Å². The number of carbonyl (C=O) groups excluding carboxylic acids is 2. The standard InChI is InChI=1S/C18H20FN3O2S/c1-10-7-15(22-17(23)12-3-2-4-13(19)8-12)25-16(10)18(24)21-9-14(20)11-5-6-11/h2-4,7-8,11,14H,5-6,9,20H2,1H3,(H,21,24)(H,22,23). The molecular weight excluding hydrogens is 341 g/mol. The van der Waals surface area contributed by atoms with Gasteiger partial charge in [-0.3, -0.25) is 9.59 Å². The average Bonchev–Trinajstić information content (AvgIpc) is 3.36. The Morgan fingerprint density at radius 2 is 2.08 bits per heavy atom. The van der Waals surface area contributed by atoms with Crippen molar-refractivity contribution in [2.45, 2.75) is 25.8 Å². The minimum absolute atomic E-state index is 0.00336. The van der Waals surface area contributed by atoms with Gasteiger partial charge < -0.3 is 16.4 Å². The number of halogens is 1. The number of anilines is 1. The molecule has 1 heterocycles. The summed E-state index contributed by atoms with van der Waals surface area (Å²) in [6.45, 7) is 2.26. The van der Waals surface area contributed by atoms with Crippen molar-refractivity contribution in [2.24, 2.45) is 11.7 Å². The highest BCUT2D eigenvalue weighted by Crippen LogP contribution is 2.31. The fourth-order valence-electron chi connectivity index (χ4n) is 2.56. The third-order valence-corrected chi connectivity index (χ3v) is 5.32. The van der Waals surface area contributed by atoms with Gasteiger partial charge in [-0.1, -0.05) is 6.07 Å². The second-order valence-corrected chi connectivity index (χ2v) is 7.35. The number of thiophene rings is 1. The van der Waals surface area contributed by atoms with E-state index in [1.54, 1.807) is 6.07 Å². The predicted octanol–water partition coefficient (Wildman–Crippen LogP) is 2.92. The van der Waals surface area contributed by atoms with E-state index in [4.69, 9.17) is 5.73 Å². The molecule has 1 atom stereocenters. The van der Waals surface area contributed by atoms with Crippen LogP contribution in [0.15, 0.2) is 30.3 Å². The highest BCUT2D eigenvalue weighted by Gasteiger charge is 2.28. The summed E-state index contributed by atoms with van der Waals surface area (Å²) < 4.78 is 13.2. The van der Waals surface area contributed by atoms with E-state index in [0.29, 0.717) is 22.3 Å². The van der Waals surface area contributed by atoms with Gasteiger partial charge in [0.05, 0.1) is 9.88 Å². The Kier molecular flexibility index (Phi) is 5.15. The second-order valence-electron chi connectivity index (χ2n) is 6.30. The van der Waals surface area contributed by atoms with Crippen LogP contribution in [0.25, 0.3) is 0 Å². The van der Waals surface area contributed by atoms with E-state index in [1.165, 1.54) is 35.6 Å². The van der Waals surface area contributed by atoms with E-state index < -0.39 is 11.7 Å². The molecule has 25 heavy (non-hydrogen) atoms. The smallest absolute Gasteiger partial charge is 0.261 e. The third-order valence-electron chi connectivity index (χ3n) is 4.17. The van der Waals surface area contributed by atoms with Gasteiger partial charge in [0.15, 0.2) is 0 Å². The van der Waals surface area contributed by atoms with Crippen molar-refractivity contribution in [3.8, 4) is 0 Å². The number of carbonyl (C=O) groups is 2. The lowest BCUT2D eigenvalue weighted by Gasteiger charge is -2.11. The Morgan fingerprint density at radius 3 is 2.76 bits per heavy atom. The first-order valence-corrected chi connectivity index (χ1v) is 8.97. The average molecular weight is 361 g/mol. The van der Waals surface area contributed by atoms with Crippen LogP contribution in [0.2, 0.25) is 0 Å². The lowest BCUT2D eigenvalue weighted by atomic mass is 10.2. The molecule has 2 amide bonds. The van der Waals surface area contributed by atoms with Crippen LogP contribution in [0.3, 0.4) is 0 Å². The molecule has 1 aliphatic carbocycles. The molecule has 3 rings (SSSR count). The summed E-state index contributed by atoms with van der Waals surface area (Å²) in [6.07, 6.45) is 2.26. The van der Waals surface area contributed by atoms with E-state index in [9.17, 15) is 14.0 Å². The molecule has 1 fully saturated rings. The number of nitrogens with two attached hydrogens (primary N) is 1. The maximum atomic E-state index is 13.2. The molecule has 1 aromatic heterocycles. The van der Waals surface area contributed by atoms with E-state index >= 15 is 0 Å². The molecule has 2 aromatic rings. The molecule has 1 saturated carbocycles. The van der Waals surface area contributed by atoms with Crippen molar-refractivity contribution >= 4 is 28.2 Å². The molecule has 0 saturated heterocycles. The molecule has 4 N–H and O–H groups in total. The summed E-state index contributed by atoms with van der Waals surface area (Å²) in [4.78, 5) is 25.0. The molecule has 1 unspecified atom stereocenters. The summed E-state index contributed by atoms with van der Waals surface area (Å²) in [5.41, 5.74) is 7.00. The zero-order chi connectivity index (χ0) is 18.0. The van der Waals surface area contributed by atoms with E-state index in [2.05, 4.69) is 10.6 Å². The van der Waals surface area contributed by atoms with Crippen LogP contribution < -0.4 is 16.4 Å². The van der Waals surface area contributed by atoms with Gasteiger partial charge in [-0.05, 0) is 55.5 Å². The van der Waals surface area contributed by atoms with E-state index in [0.717, 1.165) is 18.4 Å². The van der Waals surface area contributed by atoms with Crippen LogP contribution in [0.5, 0.6) is 0 Å². The van der Waals surface area contributed by atoms with Crippen molar-refractivity contribution < 1.29 is 14.0 Å². The number of amides is 2. The quantitative estimate of drug-likeness (QED) is 0.740. The summed E-state index contributed by atoms with van der Waals surface area (Å²) in [5.74, 6) is -0.554. The van der Waals surface area contributed by atoms with Crippen LogP contribution in [0, 0.1) is 18.7 Å². The monoisotopic (exact) mass is 361 g/mol. The molecular formula is C18H20FN3O2S. The van der Waals surface area contributed by atoms with Crippen molar-refractivity contribution in [3.05, 3.63) is 52.2 Å². The third kappa shape index (κ3) is 4.43. The van der Waals surface area contributed by atoms with Gasteiger partial charge >= 0.3 is 0 Å². The van der Waals surface area contributed by atoms with Gasteiger partial charge in [0.25, 0.3) is 11.8 Å². The Hall–Kier alpha value is -2.25. The van der Waals surface area contributed by atoms with Gasteiger partial charge in [-0.15, -0.1) is 11.3 Å². The number of benzene rings is 1. The molecule has 5 nitrogen and oxygen atoms in total. The zero-order valence-electron chi connectivity index (χ0n) is 13.8. The first kappa shape index (κ1) is 17.6. The first-order chi connectivity index (χ1) is 11.9. The molecule has 1 aliphatic rings. The van der Waals surface area contributed by atoms with Crippen LogP contribution >= 0.6 is 11.3 Å². The Bertz CT molecular complexity index is 801. The minimum atomic E-state index is -0.470. The normalized spacial score (nSPS) is 14.8. The largest absolute Gasteiger partial charge is 0.350 e. The zero-order valence-corrected chi connectivity index (χ0v) is 14.7. The number of rotatable bonds is 6. The lowest BCUT2D eigenvalue weighted by molar-refractivity contribution is 0.0953. The maximum Gasteiger partial charge on any atom is 0.261 e. The van der Waals surface area contributed by atoms with Crippen molar-refractivity contribution in [1.82, 2.24) is 5.32 Å². The fourth-order valence-corrected chi connectivity index (χ4v) is 3.55. The molecule has 1 aromatic carbocycles. The van der Waals surface area contributed by atoms with Crippen LogP contribution in [-0.2, 0) is 0 Å². The van der Waals surface area contributed by atoms with Crippen molar-refractivity contribution in [2.75, 3.05) is 11.9 Å². The molecule has 0 radical (unpaired) electrons. The number of aryl methyl sites for hydroxylation is 1. The Labute approximate surface area is 149 Å². The molecule has 7 heteroatoms. The maximum absolute atomic E-state index is 13.2. The van der Waals surface area contributed by atoms with Gasteiger partial charge in [-0.2, -0.15) is 0 Å².